The van der Waals surface area contributed by atoms with Gasteiger partial charge in [0.1, 0.15) is 0 Å². The Morgan fingerprint density at radius 3 is 2.69 bits per heavy atom. The van der Waals surface area contributed by atoms with Gasteiger partial charge in [-0.25, -0.2) is 0 Å². The van der Waals surface area contributed by atoms with Crippen LogP contribution in [0.1, 0.15) is 30.6 Å². The van der Waals surface area contributed by atoms with E-state index < -0.39 is 0 Å². The van der Waals surface area contributed by atoms with Crippen molar-refractivity contribution in [1.82, 2.24) is 4.90 Å². The smallest absolute Gasteiger partial charge is 0.253 e. The van der Waals surface area contributed by atoms with Crippen molar-refractivity contribution < 1.29 is 4.79 Å². The van der Waals surface area contributed by atoms with E-state index in [4.69, 9.17) is 0 Å². The van der Waals surface area contributed by atoms with E-state index in [1.807, 2.05) is 24.3 Å². The molecule has 0 saturated carbocycles. The Balaban J connectivity index is 2.83. The van der Waals surface area contributed by atoms with E-state index in [9.17, 15) is 4.79 Å². The number of anilines is 1. The minimum absolute atomic E-state index is 0.0350. The average Bonchev–Trinajstić information content (AvgIpc) is 2.28. The second-order valence-corrected chi connectivity index (χ2v) is 4.23. The Morgan fingerprint density at radius 2 is 2.12 bits per heavy atom. The van der Waals surface area contributed by atoms with Gasteiger partial charge in [0.2, 0.25) is 0 Å². The number of nitrogens with one attached hydrogen (secondary N) is 1. The summed E-state index contributed by atoms with van der Waals surface area (Å²) in [6.07, 6.45) is 1.06. The Hall–Kier alpha value is -1.51. The number of hydrogen-bond acceptors (Lipinski definition) is 2. The number of carbonyl (C=O) groups excluding carboxylic acids is 1. The number of nitrogens with zero attached hydrogens (tertiary/aromatic N) is 1. The summed E-state index contributed by atoms with van der Waals surface area (Å²) in [4.78, 5) is 13.3. The largest absolute Gasteiger partial charge is 0.383 e. The molecule has 1 amide bonds. The molecule has 1 unspecified atom stereocenters. The maximum atomic E-state index is 11.8. The third kappa shape index (κ3) is 3.26. The molecule has 0 spiro atoms. The topological polar surface area (TPSA) is 32.3 Å². The lowest BCUT2D eigenvalue weighted by molar-refractivity contribution is 0.0827. The van der Waals surface area contributed by atoms with E-state index in [0.29, 0.717) is 6.04 Å². The zero-order valence-electron chi connectivity index (χ0n) is 10.4. The van der Waals surface area contributed by atoms with Crippen molar-refractivity contribution >= 4 is 11.6 Å². The van der Waals surface area contributed by atoms with Gasteiger partial charge in [-0.2, -0.15) is 0 Å². The fourth-order valence-electron chi connectivity index (χ4n) is 1.39. The summed E-state index contributed by atoms with van der Waals surface area (Å²) in [7, 11) is 3.52. The van der Waals surface area contributed by atoms with E-state index in [2.05, 4.69) is 19.2 Å². The first-order valence-corrected chi connectivity index (χ1v) is 5.62. The first-order chi connectivity index (χ1) is 7.54. The molecule has 0 heterocycles. The molecule has 1 atom stereocenters. The highest BCUT2D eigenvalue weighted by Crippen LogP contribution is 2.13. The number of benzene rings is 1. The van der Waals surface area contributed by atoms with E-state index in [1.54, 1.807) is 19.0 Å². The first-order valence-electron chi connectivity index (χ1n) is 5.62. The monoisotopic (exact) mass is 220 g/mol. The van der Waals surface area contributed by atoms with Crippen LogP contribution in [0, 0.1) is 0 Å². The second kappa shape index (κ2) is 5.54. The summed E-state index contributed by atoms with van der Waals surface area (Å²) in [6, 6.07) is 8.04. The highest BCUT2D eigenvalue weighted by Gasteiger charge is 2.08. The van der Waals surface area contributed by atoms with Gasteiger partial charge in [0.25, 0.3) is 5.91 Å². The van der Waals surface area contributed by atoms with Crippen LogP contribution in [0.3, 0.4) is 0 Å². The fourth-order valence-corrected chi connectivity index (χ4v) is 1.39. The summed E-state index contributed by atoms with van der Waals surface area (Å²) in [5, 5.41) is 3.35. The minimum Gasteiger partial charge on any atom is -0.383 e. The normalized spacial score (nSPS) is 12.0. The zero-order valence-corrected chi connectivity index (χ0v) is 10.4. The molecule has 0 bridgehead atoms. The van der Waals surface area contributed by atoms with Gasteiger partial charge in [-0.1, -0.05) is 13.0 Å². The van der Waals surface area contributed by atoms with Crippen molar-refractivity contribution in [2.24, 2.45) is 0 Å². The summed E-state index contributed by atoms with van der Waals surface area (Å²) >= 11 is 0. The van der Waals surface area contributed by atoms with Gasteiger partial charge in [-0.05, 0) is 31.5 Å². The highest BCUT2D eigenvalue weighted by molar-refractivity contribution is 5.94. The molecule has 1 aromatic carbocycles. The number of amides is 1. The third-order valence-electron chi connectivity index (χ3n) is 2.54. The summed E-state index contributed by atoms with van der Waals surface area (Å²) < 4.78 is 0. The summed E-state index contributed by atoms with van der Waals surface area (Å²) in [5.74, 6) is 0.0350. The molecule has 1 aromatic rings. The SMILES string of the molecule is CCC(C)Nc1cccc(C(=O)N(C)C)c1. The first kappa shape index (κ1) is 12.6. The molecule has 0 aliphatic carbocycles. The molecular weight excluding hydrogens is 200 g/mol. The van der Waals surface area contributed by atoms with Crippen LogP contribution in [0.25, 0.3) is 0 Å². The zero-order chi connectivity index (χ0) is 12.1. The Bertz CT molecular complexity index is 361. The van der Waals surface area contributed by atoms with E-state index in [0.717, 1.165) is 17.7 Å². The Morgan fingerprint density at radius 1 is 1.44 bits per heavy atom. The van der Waals surface area contributed by atoms with Crippen LogP contribution in [0.2, 0.25) is 0 Å². The van der Waals surface area contributed by atoms with Gasteiger partial charge in [-0.3, -0.25) is 4.79 Å². The fraction of sp³-hybridized carbons (Fsp3) is 0.462. The van der Waals surface area contributed by atoms with Crippen molar-refractivity contribution in [2.45, 2.75) is 26.3 Å². The number of carbonyl (C=O) groups is 1. The Kier molecular flexibility index (Phi) is 4.35. The van der Waals surface area contributed by atoms with Crippen LogP contribution in [-0.2, 0) is 0 Å². The molecule has 1 N–H and O–H groups in total. The molecule has 0 saturated heterocycles. The summed E-state index contributed by atoms with van der Waals surface area (Å²) in [6.45, 7) is 4.26. The van der Waals surface area contributed by atoms with Crippen LogP contribution in [-0.4, -0.2) is 30.9 Å². The van der Waals surface area contributed by atoms with Crippen LogP contribution in [0.15, 0.2) is 24.3 Å². The number of hydrogen-bond donors (Lipinski definition) is 1. The third-order valence-corrected chi connectivity index (χ3v) is 2.54. The molecule has 88 valence electrons. The van der Waals surface area contributed by atoms with Gasteiger partial charge in [0.05, 0.1) is 0 Å². The van der Waals surface area contributed by atoms with Crippen molar-refractivity contribution in [3.05, 3.63) is 29.8 Å². The maximum absolute atomic E-state index is 11.8. The second-order valence-electron chi connectivity index (χ2n) is 4.23. The standard InChI is InChI=1S/C13H20N2O/c1-5-10(2)14-12-8-6-7-11(9-12)13(16)15(3)4/h6-10,14H,5H2,1-4H3. The molecule has 0 aliphatic heterocycles. The molecule has 0 fully saturated rings. The molecule has 0 radical (unpaired) electrons. The average molecular weight is 220 g/mol. The molecule has 0 aliphatic rings. The van der Waals surface area contributed by atoms with Crippen molar-refractivity contribution in [3.8, 4) is 0 Å². The van der Waals surface area contributed by atoms with E-state index in [-0.39, 0.29) is 5.91 Å². The predicted molar refractivity (Wildman–Crippen MR) is 67.8 cm³/mol. The lowest BCUT2D eigenvalue weighted by atomic mass is 10.1. The van der Waals surface area contributed by atoms with Crippen LogP contribution < -0.4 is 5.32 Å². The maximum Gasteiger partial charge on any atom is 0.253 e. The quantitative estimate of drug-likeness (QED) is 0.846. The van der Waals surface area contributed by atoms with Crippen molar-refractivity contribution in [2.75, 3.05) is 19.4 Å². The molecule has 0 aromatic heterocycles. The van der Waals surface area contributed by atoms with Gasteiger partial charge in [-0.15, -0.1) is 0 Å². The van der Waals surface area contributed by atoms with E-state index >= 15 is 0 Å². The molecule has 3 heteroatoms. The minimum atomic E-state index is 0.0350. The number of rotatable bonds is 4. The van der Waals surface area contributed by atoms with Crippen LogP contribution >= 0.6 is 0 Å². The molecule has 1 rings (SSSR count). The summed E-state index contributed by atoms with van der Waals surface area (Å²) in [5.41, 5.74) is 1.72. The predicted octanol–water partition coefficient (Wildman–Crippen LogP) is 2.60. The molecular formula is C13H20N2O. The molecule has 3 nitrogen and oxygen atoms in total. The lowest BCUT2D eigenvalue weighted by Crippen LogP contribution is -2.22. The Labute approximate surface area is 97.5 Å². The van der Waals surface area contributed by atoms with Crippen molar-refractivity contribution in [1.29, 1.82) is 0 Å². The van der Waals surface area contributed by atoms with Crippen LogP contribution in [0.5, 0.6) is 0 Å². The van der Waals surface area contributed by atoms with Gasteiger partial charge < -0.3 is 10.2 Å². The van der Waals surface area contributed by atoms with Gasteiger partial charge >= 0.3 is 0 Å². The van der Waals surface area contributed by atoms with E-state index in [1.165, 1.54) is 0 Å². The van der Waals surface area contributed by atoms with Crippen LogP contribution in [0.4, 0.5) is 5.69 Å². The molecule has 16 heavy (non-hydrogen) atoms. The van der Waals surface area contributed by atoms with Gasteiger partial charge in [0, 0.05) is 31.4 Å². The van der Waals surface area contributed by atoms with Gasteiger partial charge in [0.15, 0.2) is 0 Å². The highest BCUT2D eigenvalue weighted by atomic mass is 16.2. The van der Waals surface area contributed by atoms with Crippen molar-refractivity contribution in [3.63, 3.8) is 0 Å². The lowest BCUT2D eigenvalue weighted by Gasteiger charge is -2.15.